The summed E-state index contributed by atoms with van der Waals surface area (Å²) in [6.07, 6.45) is 0. The molecule has 0 fully saturated rings. The second-order valence-corrected chi connectivity index (χ2v) is 3.66. The molecule has 5 heteroatoms. The van der Waals surface area contributed by atoms with Gasteiger partial charge in [0.1, 0.15) is 0 Å². The number of carbonyl (C=O) groups excluding carboxylic acids is 1. The lowest BCUT2D eigenvalue weighted by atomic mass is 10.3. The van der Waals surface area contributed by atoms with E-state index < -0.39 is 0 Å². The fraction of sp³-hybridized carbons (Fsp3) is 0.417. The molecule has 0 unspecified atom stereocenters. The summed E-state index contributed by atoms with van der Waals surface area (Å²) in [4.78, 5) is 13.2. The van der Waals surface area contributed by atoms with Gasteiger partial charge in [-0.25, -0.2) is 4.79 Å². The molecule has 0 aliphatic rings. The predicted molar refractivity (Wildman–Crippen MR) is 68.2 cm³/mol. The Balaban J connectivity index is 2.20. The van der Waals surface area contributed by atoms with E-state index in [1.165, 1.54) is 0 Å². The third kappa shape index (κ3) is 5.21. The van der Waals surface area contributed by atoms with Gasteiger partial charge in [-0.1, -0.05) is 18.2 Å². The molecule has 1 aromatic rings. The Morgan fingerprint density at radius 1 is 1.24 bits per heavy atom. The molecule has 0 heterocycles. The largest absolute Gasteiger partial charge is 0.395 e. The Morgan fingerprint density at radius 3 is 2.53 bits per heavy atom. The van der Waals surface area contributed by atoms with Gasteiger partial charge in [0.15, 0.2) is 0 Å². The molecule has 94 valence electrons. The van der Waals surface area contributed by atoms with E-state index in [0.717, 1.165) is 12.2 Å². The summed E-state index contributed by atoms with van der Waals surface area (Å²) in [6, 6.07) is 9.72. The fourth-order valence-corrected chi connectivity index (χ4v) is 1.38. The van der Waals surface area contributed by atoms with Gasteiger partial charge in [0, 0.05) is 32.4 Å². The first-order valence-corrected chi connectivity index (χ1v) is 5.63. The van der Waals surface area contributed by atoms with Gasteiger partial charge >= 0.3 is 6.03 Å². The number of hydrogen-bond donors (Lipinski definition) is 3. The van der Waals surface area contributed by atoms with E-state index in [9.17, 15) is 4.79 Å². The molecule has 0 atom stereocenters. The highest BCUT2D eigenvalue weighted by atomic mass is 16.3. The van der Waals surface area contributed by atoms with E-state index in [4.69, 9.17) is 5.11 Å². The van der Waals surface area contributed by atoms with E-state index in [1.54, 1.807) is 0 Å². The third-order valence-corrected chi connectivity index (χ3v) is 2.33. The number of nitrogens with one attached hydrogen (secondary N) is 2. The molecular formula is C12H19N3O2. The lowest BCUT2D eigenvalue weighted by Crippen LogP contribution is -2.40. The van der Waals surface area contributed by atoms with Gasteiger partial charge in [-0.15, -0.1) is 0 Å². The maximum atomic E-state index is 11.2. The minimum absolute atomic E-state index is 0.0443. The van der Waals surface area contributed by atoms with Gasteiger partial charge in [-0.3, -0.25) is 0 Å². The highest BCUT2D eigenvalue weighted by Gasteiger charge is 2.01. The number of urea groups is 1. The minimum atomic E-state index is -0.250. The minimum Gasteiger partial charge on any atom is -0.395 e. The van der Waals surface area contributed by atoms with Crippen LogP contribution in [-0.2, 0) is 0 Å². The second-order valence-electron chi connectivity index (χ2n) is 3.66. The van der Waals surface area contributed by atoms with Gasteiger partial charge in [-0.2, -0.15) is 0 Å². The van der Waals surface area contributed by atoms with Crippen molar-refractivity contribution in [3.05, 3.63) is 30.3 Å². The molecule has 0 saturated heterocycles. The molecule has 17 heavy (non-hydrogen) atoms. The van der Waals surface area contributed by atoms with Crippen LogP contribution in [0.5, 0.6) is 0 Å². The fourth-order valence-electron chi connectivity index (χ4n) is 1.38. The number of rotatable bonds is 6. The molecule has 0 saturated carbocycles. The van der Waals surface area contributed by atoms with Crippen molar-refractivity contribution in [2.24, 2.45) is 0 Å². The summed E-state index contributed by atoms with van der Waals surface area (Å²) in [5.74, 6) is 0. The molecule has 0 aliphatic carbocycles. The zero-order valence-corrected chi connectivity index (χ0v) is 10.0. The van der Waals surface area contributed by atoms with Crippen LogP contribution in [0.25, 0.3) is 0 Å². The summed E-state index contributed by atoms with van der Waals surface area (Å²) in [7, 11) is 1.97. The second kappa shape index (κ2) is 7.51. The van der Waals surface area contributed by atoms with Crippen molar-refractivity contribution in [3.8, 4) is 0 Å². The van der Waals surface area contributed by atoms with E-state index in [1.807, 2.05) is 37.4 Å². The van der Waals surface area contributed by atoms with Crippen molar-refractivity contribution in [2.75, 3.05) is 38.2 Å². The summed E-state index contributed by atoms with van der Waals surface area (Å²) in [5.41, 5.74) is 1.12. The van der Waals surface area contributed by atoms with Crippen LogP contribution >= 0.6 is 0 Å². The molecule has 0 radical (unpaired) electrons. The van der Waals surface area contributed by atoms with Crippen molar-refractivity contribution >= 4 is 11.7 Å². The molecule has 0 aromatic heterocycles. The van der Waals surface area contributed by atoms with E-state index in [2.05, 4.69) is 15.5 Å². The molecule has 1 rings (SSSR count). The maximum absolute atomic E-state index is 11.2. The van der Waals surface area contributed by atoms with Crippen LogP contribution in [0.2, 0.25) is 0 Å². The number of amides is 2. The Morgan fingerprint density at radius 2 is 1.88 bits per heavy atom. The average molecular weight is 237 g/mol. The quantitative estimate of drug-likeness (QED) is 0.671. The van der Waals surface area contributed by atoms with Gasteiger partial charge in [0.2, 0.25) is 0 Å². The highest BCUT2D eigenvalue weighted by molar-refractivity contribution is 5.73. The predicted octanol–water partition coefficient (Wildman–Crippen LogP) is 0.414. The molecule has 3 N–H and O–H groups in total. The van der Waals surface area contributed by atoms with Crippen molar-refractivity contribution in [2.45, 2.75) is 0 Å². The first-order valence-electron chi connectivity index (χ1n) is 5.63. The highest BCUT2D eigenvalue weighted by Crippen LogP contribution is 2.09. The van der Waals surface area contributed by atoms with E-state index >= 15 is 0 Å². The number of nitrogens with zero attached hydrogens (tertiary/aromatic N) is 1. The molecule has 0 aliphatic heterocycles. The summed E-state index contributed by atoms with van der Waals surface area (Å²) in [6.45, 7) is 1.52. The molecule has 2 amide bonds. The smallest absolute Gasteiger partial charge is 0.314 e. The van der Waals surface area contributed by atoms with Crippen LogP contribution < -0.4 is 15.5 Å². The lowest BCUT2D eigenvalue weighted by Gasteiger charge is -2.19. The van der Waals surface area contributed by atoms with Crippen molar-refractivity contribution < 1.29 is 9.90 Å². The van der Waals surface area contributed by atoms with E-state index in [-0.39, 0.29) is 19.2 Å². The summed E-state index contributed by atoms with van der Waals surface area (Å²) in [5, 5.41) is 13.8. The molecular weight excluding hydrogens is 218 g/mol. The number of carbonyl (C=O) groups is 1. The van der Waals surface area contributed by atoms with Crippen molar-refractivity contribution in [1.29, 1.82) is 0 Å². The van der Waals surface area contributed by atoms with Crippen molar-refractivity contribution in [3.63, 3.8) is 0 Å². The molecule has 0 bridgehead atoms. The van der Waals surface area contributed by atoms with Crippen LogP contribution in [0.4, 0.5) is 10.5 Å². The standard InChI is InChI=1S/C12H19N3O2/c1-15(11-5-3-2-4-6-11)9-7-13-12(17)14-8-10-16/h2-6,16H,7-10H2,1H3,(H2,13,14,17). The Bertz CT molecular complexity index is 330. The zero-order chi connectivity index (χ0) is 12.5. The number of likely N-dealkylation sites (N-methyl/N-ethyl adjacent to an activating group) is 1. The average Bonchev–Trinajstić information content (AvgIpc) is 2.37. The van der Waals surface area contributed by atoms with Gasteiger partial charge in [0.25, 0.3) is 0 Å². The van der Waals surface area contributed by atoms with Crippen LogP contribution in [0, 0.1) is 0 Å². The van der Waals surface area contributed by atoms with Crippen LogP contribution in [0.3, 0.4) is 0 Å². The maximum Gasteiger partial charge on any atom is 0.314 e. The first-order chi connectivity index (χ1) is 8.24. The normalized spacial score (nSPS) is 9.76. The van der Waals surface area contributed by atoms with Crippen molar-refractivity contribution in [1.82, 2.24) is 10.6 Å². The Kier molecular flexibility index (Phi) is 5.88. The number of anilines is 1. The van der Waals surface area contributed by atoms with Gasteiger partial charge in [-0.05, 0) is 12.1 Å². The van der Waals surface area contributed by atoms with Crippen LogP contribution in [-0.4, -0.2) is 44.4 Å². The molecule has 1 aromatic carbocycles. The number of para-hydroxylation sites is 1. The number of benzene rings is 1. The third-order valence-electron chi connectivity index (χ3n) is 2.33. The van der Waals surface area contributed by atoms with E-state index in [0.29, 0.717) is 6.54 Å². The number of aliphatic hydroxyl groups is 1. The summed E-state index contributed by atoms with van der Waals surface area (Å²) < 4.78 is 0. The van der Waals surface area contributed by atoms with Crippen LogP contribution in [0.15, 0.2) is 30.3 Å². The Hall–Kier alpha value is -1.75. The first kappa shape index (κ1) is 13.3. The SMILES string of the molecule is CN(CCNC(=O)NCCO)c1ccccc1. The molecule has 0 spiro atoms. The topological polar surface area (TPSA) is 64.6 Å². The number of aliphatic hydroxyl groups excluding tert-OH is 1. The van der Waals surface area contributed by atoms with Gasteiger partial charge < -0.3 is 20.6 Å². The van der Waals surface area contributed by atoms with Crippen LogP contribution in [0.1, 0.15) is 0 Å². The van der Waals surface area contributed by atoms with Gasteiger partial charge in [0.05, 0.1) is 6.61 Å². The summed E-state index contributed by atoms with van der Waals surface area (Å²) >= 11 is 0. The number of hydrogen-bond acceptors (Lipinski definition) is 3. The Labute approximate surface area is 101 Å². The monoisotopic (exact) mass is 237 g/mol. The zero-order valence-electron chi connectivity index (χ0n) is 10.0. The molecule has 5 nitrogen and oxygen atoms in total. The lowest BCUT2D eigenvalue weighted by molar-refractivity contribution is 0.234.